The Hall–Kier alpha value is -3.84. The van der Waals surface area contributed by atoms with Gasteiger partial charge < -0.3 is 20.3 Å². The molecule has 0 aliphatic heterocycles. The second kappa shape index (κ2) is 11.9. The SMILES string of the molecule is CC(CCc1ccc(-c2ccccc2)cc1)Oc1ccc(NC(=O)N(C(=O)O)C(C)CO)cc1. The summed E-state index contributed by atoms with van der Waals surface area (Å²) in [5.41, 5.74) is 4.07. The van der Waals surface area contributed by atoms with Gasteiger partial charge in [0.25, 0.3) is 0 Å². The van der Waals surface area contributed by atoms with Crippen molar-refractivity contribution in [2.75, 3.05) is 11.9 Å². The topological polar surface area (TPSA) is 99.1 Å². The van der Waals surface area contributed by atoms with Gasteiger partial charge in [0.1, 0.15) is 5.75 Å². The molecule has 178 valence electrons. The van der Waals surface area contributed by atoms with Gasteiger partial charge in [0.2, 0.25) is 0 Å². The Morgan fingerprint density at radius 1 is 0.912 bits per heavy atom. The number of aliphatic hydroxyl groups is 1. The van der Waals surface area contributed by atoms with Gasteiger partial charge in [-0.25, -0.2) is 14.5 Å². The molecule has 7 heteroatoms. The molecule has 0 bridgehead atoms. The van der Waals surface area contributed by atoms with Gasteiger partial charge in [0, 0.05) is 5.69 Å². The molecule has 0 heterocycles. The normalized spacial score (nSPS) is 12.4. The molecule has 0 saturated heterocycles. The zero-order valence-corrected chi connectivity index (χ0v) is 19.3. The van der Waals surface area contributed by atoms with E-state index in [2.05, 4.69) is 41.7 Å². The van der Waals surface area contributed by atoms with E-state index in [1.54, 1.807) is 24.3 Å². The molecule has 3 N–H and O–H groups in total. The van der Waals surface area contributed by atoms with E-state index in [0.29, 0.717) is 16.3 Å². The predicted octanol–water partition coefficient (Wildman–Crippen LogP) is 5.65. The van der Waals surface area contributed by atoms with Crippen LogP contribution in [0.1, 0.15) is 25.8 Å². The van der Waals surface area contributed by atoms with Crippen molar-refractivity contribution in [2.24, 2.45) is 0 Å². The number of imide groups is 1. The van der Waals surface area contributed by atoms with Crippen molar-refractivity contribution in [3.8, 4) is 16.9 Å². The van der Waals surface area contributed by atoms with E-state index in [9.17, 15) is 14.7 Å². The summed E-state index contributed by atoms with van der Waals surface area (Å²) < 4.78 is 5.98. The Labute approximate surface area is 199 Å². The summed E-state index contributed by atoms with van der Waals surface area (Å²) in [6.07, 6.45) is 0.290. The molecular weight excluding hydrogens is 432 g/mol. The number of hydrogen-bond donors (Lipinski definition) is 3. The van der Waals surface area contributed by atoms with Crippen molar-refractivity contribution >= 4 is 17.8 Å². The maximum Gasteiger partial charge on any atom is 0.415 e. The molecule has 3 aromatic carbocycles. The van der Waals surface area contributed by atoms with Crippen molar-refractivity contribution in [1.29, 1.82) is 0 Å². The number of carbonyl (C=O) groups is 2. The maximum absolute atomic E-state index is 12.2. The number of anilines is 1. The van der Waals surface area contributed by atoms with E-state index >= 15 is 0 Å². The molecule has 3 rings (SSSR count). The van der Waals surface area contributed by atoms with Gasteiger partial charge in [0.05, 0.1) is 18.8 Å². The molecule has 2 atom stereocenters. The number of urea groups is 1. The molecule has 0 aromatic heterocycles. The largest absolute Gasteiger partial charge is 0.491 e. The molecular formula is C27H30N2O5. The van der Waals surface area contributed by atoms with E-state index < -0.39 is 24.8 Å². The smallest absolute Gasteiger partial charge is 0.415 e. The second-order valence-corrected chi connectivity index (χ2v) is 8.17. The highest BCUT2D eigenvalue weighted by Gasteiger charge is 2.26. The van der Waals surface area contributed by atoms with Crippen LogP contribution >= 0.6 is 0 Å². The molecule has 0 aliphatic rings. The Balaban J connectivity index is 1.49. The minimum atomic E-state index is -1.43. The number of ether oxygens (including phenoxy) is 1. The van der Waals surface area contributed by atoms with E-state index in [1.807, 2.05) is 25.1 Å². The van der Waals surface area contributed by atoms with E-state index in [-0.39, 0.29) is 6.10 Å². The number of hydrogen-bond acceptors (Lipinski definition) is 4. The molecule has 7 nitrogen and oxygen atoms in total. The average molecular weight is 463 g/mol. The van der Waals surface area contributed by atoms with Crippen LogP contribution in [0, 0.1) is 0 Å². The van der Waals surface area contributed by atoms with Gasteiger partial charge in [-0.1, -0.05) is 54.6 Å². The summed E-state index contributed by atoms with van der Waals surface area (Å²) in [6, 6.07) is 23.9. The van der Waals surface area contributed by atoms with Gasteiger partial charge in [-0.05, 0) is 67.6 Å². The number of benzene rings is 3. The summed E-state index contributed by atoms with van der Waals surface area (Å²) >= 11 is 0. The number of carbonyl (C=O) groups excluding carboxylic acids is 1. The van der Waals surface area contributed by atoms with Gasteiger partial charge in [-0.3, -0.25) is 0 Å². The highest BCUT2D eigenvalue weighted by molar-refractivity contribution is 5.98. The summed E-state index contributed by atoms with van der Waals surface area (Å²) in [7, 11) is 0. The van der Waals surface area contributed by atoms with E-state index in [1.165, 1.54) is 23.6 Å². The van der Waals surface area contributed by atoms with Gasteiger partial charge in [-0.2, -0.15) is 0 Å². The monoisotopic (exact) mass is 462 g/mol. The Bertz CT molecular complexity index is 1070. The first-order valence-electron chi connectivity index (χ1n) is 11.2. The van der Waals surface area contributed by atoms with Crippen LogP contribution in [0.2, 0.25) is 0 Å². The molecule has 0 aliphatic carbocycles. The number of rotatable bonds is 9. The molecule has 0 radical (unpaired) electrons. The minimum Gasteiger partial charge on any atom is -0.491 e. The van der Waals surface area contributed by atoms with Gasteiger partial charge >= 0.3 is 12.1 Å². The maximum atomic E-state index is 12.2. The number of amides is 3. The average Bonchev–Trinajstić information content (AvgIpc) is 2.84. The second-order valence-electron chi connectivity index (χ2n) is 8.17. The summed E-state index contributed by atoms with van der Waals surface area (Å²) in [5.74, 6) is 0.656. The number of aryl methyl sites for hydroxylation is 1. The summed E-state index contributed by atoms with van der Waals surface area (Å²) in [6.45, 7) is 3.00. The molecule has 3 amide bonds. The van der Waals surface area contributed by atoms with Crippen LogP contribution in [0.3, 0.4) is 0 Å². The zero-order valence-electron chi connectivity index (χ0n) is 19.3. The third-order valence-corrected chi connectivity index (χ3v) is 5.47. The number of aliphatic hydroxyl groups excluding tert-OH is 1. The van der Waals surface area contributed by atoms with Crippen LogP contribution in [0.5, 0.6) is 5.75 Å². The lowest BCUT2D eigenvalue weighted by Crippen LogP contribution is -2.46. The summed E-state index contributed by atoms with van der Waals surface area (Å²) in [5, 5.41) is 20.9. The van der Waals surface area contributed by atoms with Crippen LogP contribution in [-0.2, 0) is 6.42 Å². The first kappa shape index (κ1) is 24.8. The molecule has 0 saturated carbocycles. The van der Waals surface area contributed by atoms with Crippen LogP contribution < -0.4 is 10.1 Å². The zero-order chi connectivity index (χ0) is 24.5. The summed E-state index contributed by atoms with van der Waals surface area (Å²) in [4.78, 5) is 24.1. The lowest BCUT2D eigenvalue weighted by molar-refractivity contribution is 0.120. The Morgan fingerprint density at radius 2 is 1.53 bits per heavy atom. The minimum absolute atomic E-state index is 0.0119. The van der Waals surface area contributed by atoms with Crippen molar-refractivity contribution in [3.05, 3.63) is 84.4 Å². The third-order valence-electron chi connectivity index (χ3n) is 5.47. The highest BCUT2D eigenvalue weighted by Crippen LogP contribution is 2.21. The quantitative estimate of drug-likeness (QED) is 0.382. The molecule has 2 unspecified atom stereocenters. The fourth-order valence-corrected chi connectivity index (χ4v) is 3.51. The molecule has 0 spiro atoms. The number of nitrogens with one attached hydrogen (secondary N) is 1. The first-order valence-corrected chi connectivity index (χ1v) is 11.2. The van der Waals surface area contributed by atoms with Crippen LogP contribution in [0.25, 0.3) is 11.1 Å². The third kappa shape index (κ3) is 6.83. The molecule has 3 aromatic rings. The highest BCUT2D eigenvalue weighted by atomic mass is 16.5. The van der Waals surface area contributed by atoms with Crippen LogP contribution in [-0.4, -0.2) is 46.0 Å². The number of carboxylic acid groups (broad SMARTS) is 1. The lowest BCUT2D eigenvalue weighted by Gasteiger charge is -2.23. The van der Waals surface area contributed by atoms with Crippen molar-refractivity contribution in [3.63, 3.8) is 0 Å². The Kier molecular flexibility index (Phi) is 8.65. The van der Waals surface area contributed by atoms with Crippen LogP contribution in [0.15, 0.2) is 78.9 Å². The molecule has 34 heavy (non-hydrogen) atoms. The fraction of sp³-hybridized carbons (Fsp3) is 0.259. The van der Waals surface area contributed by atoms with E-state index in [0.717, 1.165) is 12.8 Å². The Morgan fingerprint density at radius 3 is 2.12 bits per heavy atom. The molecule has 0 fully saturated rings. The van der Waals surface area contributed by atoms with Crippen molar-refractivity contribution < 1.29 is 24.5 Å². The van der Waals surface area contributed by atoms with Gasteiger partial charge in [-0.15, -0.1) is 0 Å². The van der Waals surface area contributed by atoms with Crippen molar-refractivity contribution in [2.45, 2.75) is 38.8 Å². The first-order chi connectivity index (χ1) is 16.4. The van der Waals surface area contributed by atoms with Crippen LogP contribution in [0.4, 0.5) is 15.3 Å². The number of nitrogens with zero attached hydrogens (tertiary/aromatic N) is 1. The predicted molar refractivity (Wildman–Crippen MR) is 132 cm³/mol. The standard InChI is InChI=1S/C27H30N2O5/c1-19(18-30)29(27(32)33)26(31)28-24-14-16-25(17-15-24)34-20(2)8-9-21-10-12-23(13-11-21)22-6-4-3-5-7-22/h3-7,10-17,19-20,30H,8-9,18H2,1-2H3,(H,28,31)(H,32,33). The van der Waals surface area contributed by atoms with Gasteiger partial charge in [0.15, 0.2) is 0 Å². The fourth-order valence-electron chi connectivity index (χ4n) is 3.51. The van der Waals surface area contributed by atoms with Crippen molar-refractivity contribution in [1.82, 2.24) is 4.90 Å². The van der Waals surface area contributed by atoms with E-state index in [4.69, 9.17) is 9.84 Å². The lowest BCUT2D eigenvalue weighted by atomic mass is 10.0.